The third-order valence-corrected chi connectivity index (χ3v) is 16.0. The van der Waals surface area contributed by atoms with Gasteiger partial charge in [-0.2, -0.15) is 0 Å². The summed E-state index contributed by atoms with van der Waals surface area (Å²) < 4.78 is 4.79. The van der Waals surface area contributed by atoms with Crippen LogP contribution >= 0.6 is 0 Å². The summed E-state index contributed by atoms with van der Waals surface area (Å²) in [7, 11) is 0. The summed E-state index contributed by atoms with van der Waals surface area (Å²) in [6, 6.07) is 90.0. The molecule has 4 heterocycles. The van der Waals surface area contributed by atoms with Crippen LogP contribution in [-0.2, 0) is 0 Å². The van der Waals surface area contributed by atoms with Crippen LogP contribution in [0.2, 0.25) is 0 Å². The van der Waals surface area contributed by atoms with Gasteiger partial charge in [0.15, 0.2) is 34.9 Å². The molecule has 15 aromatic rings. The molecule has 398 valence electrons. The third kappa shape index (κ3) is 8.98. The van der Waals surface area contributed by atoms with Crippen LogP contribution in [0.5, 0.6) is 0 Å². The summed E-state index contributed by atoms with van der Waals surface area (Å²) in [5.41, 5.74) is 20.8. The molecule has 0 atom stereocenters. The van der Waals surface area contributed by atoms with E-state index in [0.717, 1.165) is 89.1 Å². The first kappa shape index (κ1) is 50.0. The molecule has 0 aliphatic rings. The number of rotatable bonds is 10. The topological polar surface area (TPSA) is 87.2 Å². The second-order valence-electron chi connectivity index (χ2n) is 21.9. The fourth-order valence-corrected chi connectivity index (χ4v) is 11.9. The van der Waals surface area contributed by atoms with Gasteiger partial charge in [0.05, 0.1) is 33.4 Å². The van der Waals surface area contributed by atoms with Crippen LogP contribution in [0.25, 0.3) is 146 Å². The van der Waals surface area contributed by atoms with Crippen molar-refractivity contribution in [3.63, 3.8) is 0 Å². The van der Waals surface area contributed by atoms with Crippen molar-refractivity contribution in [2.75, 3.05) is 0 Å². The van der Waals surface area contributed by atoms with Crippen LogP contribution < -0.4 is 0 Å². The zero-order valence-electron chi connectivity index (χ0n) is 46.8. The molecule has 8 heteroatoms. The molecule has 0 aliphatic carbocycles. The second-order valence-corrected chi connectivity index (χ2v) is 21.9. The maximum Gasteiger partial charge on any atom is 0.166 e. The quantitative estimate of drug-likeness (QED) is 0.136. The fraction of sp³-hybridized carbons (Fsp3) is 0.0526. The Labute approximate surface area is 486 Å². The molecule has 0 saturated carbocycles. The summed E-state index contributed by atoms with van der Waals surface area (Å²) in [6.45, 7) is 8.65. The van der Waals surface area contributed by atoms with Crippen LogP contribution in [0.15, 0.2) is 255 Å². The predicted molar refractivity (Wildman–Crippen MR) is 344 cm³/mol. The summed E-state index contributed by atoms with van der Waals surface area (Å²) in [5.74, 6) is 3.60. The monoisotopic (exact) mass is 1080 g/mol. The van der Waals surface area contributed by atoms with Gasteiger partial charge in [0.25, 0.3) is 0 Å². The Morgan fingerprint density at radius 2 is 0.476 bits per heavy atom. The lowest BCUT2D eigenvalue weighted by molar-refractivity contribution is 1.06. The molecule has 15 rings (SSSR count). The Hall–Kier alpha value is -11.0. The second kappa shape index (κ2) is 20.5. The molecule has 4 aromatic heterocycles. The van der Waals surface area contributed by atoms with Crippen molar-refractivity contribution in [1.82, 2.24) is 39.0 Å². The Balaban J connectivity index is 0.945. The van der Waals surface area contributed by atoms with Gasteiger partial charge in [0, 0.05) is 54.9 Å². The normalized spacial score (nSPS) is 11.6. The van der Waals surface area contributed by atoms with Crippen LogP contribution in [0.1, 0.15) is 22.3 Å². The maximum atomic E-state index is 5.31. The molecule has 0 spiro atoms. The molecule has 0 aliphatic heterocycles. The summed E-state index contributed by atoms with van der Waals surface area (Å²) in [5, 5.41) is 4.76. The van der Waals surface area contributed by atoms with Crippen molar-refractivity contribution in [2.24, 2.45) is 0 Å². The number of aromatic nitrogens is 8. The van der Waals surface area contributed by atoms with Gasteiger partial charge in [-0.05, 0) is 129 Å². The van der Waals surface area contributed by atoms with E-state index in [4.69, 9.17) is 29.9 Å². The molecule has 8 nitrogen and oxygen atoms in total. The lowest BCUT2D eigenvalue weighted by atomic mass is 9.96. The van der Waals surface area contributed by atoms with Crippen molar-refractivity contribution in [1.29, 1.82) is 0 Å². The molecule has 0 N–H and O–H groups in total. The predicted octanol–water partition coefficient (Wildman–Crippen LogP) is 18.8. The minimum Gasteiger partial charge on any atom is -0.308 e. The van der Waals surface area contributed by atoms with Gasteiger partial charge in [0.1, 0.15) is 0 Å². The molecule has 0 radical (unpaired) electrons. The summed E-state index contributed by atoms with van der Waals surface area (Å²) >= 11 is 0. The number of benzene rings is 11. The first-order valence-electron chi connectivity index (χ1n) is 28.4. The highest BCUT2D eigenvalue weighted by molar-refractivity contribution is 6.11. The first-order chi connectivity index (χ1) is 41.2. The first-order valence-corrected chi connectivity index (χ1v) is 28.4. The van der Waals surface area contributed by atoms with Crippen LogP contribution in [0.3, 0.4) is 0 Å². The standard InChI is InChI=1S/C76H54N8/c1-47-28-36-65-61(40-47)62-41-48(2)29-37-66(62)83(65)69-45-57(32-34-59(69)75-79-71(51-18-9-5-10-19-51)77-72(80-75)52-20-11-6-12-21-52)55-26-17-27-56(44-55)58-33-35-60(70(46-58)84-67-38-30-49(3)42-63(67)64-43-50(4)31-39-68(64)84)76-81-73(53-22-13-7-14-23-53)78-74(82-76)54-24-15-8-16-25-54/h5-46H,1-4H3. The number of aryl methyl sites for hydroxylation is 4. The van der Waals surface area contributed by atoms with Crippen molar-refractivity contribution in [3.8, 4) is 102 Å². The zero-order chi connectivity index (χ0) is 56.4. The van der Waals surface area contributed by atoms with E-state index in [-0.39, 0.29) is 0 Å². The van der Waals surface area contributed by atoms with E-state index < -0.39 is 0 Å². The minimum atomic E-state index is 0.584. The summed E-state index contributed by atoms with van der Waals surface area (Å²) in [4.78, 5) is 31.4. The number of hydrogen-bond donors (Lipinski definition) is 0. The third-order valence-electron chi connectivity index (χ3n) is 16.0. The Morgan fingerprint density at radius 3 is 0.774 bits per heavy atom. The average molecular weight is 1080 g/mol. The van der Waals surface area contributed by atoms with Gasteiger partial charge in [0.2, 0.25) is 0 Å². The zero-order valence-corrected chi connectivity index (χ0v) is 46.8. The van der Waals surface area contributed by atoms with Gasteiger partial charge >= 0.3 is 0 Å². The minimum absolute atomic E-state index is 0.584. The van der Waals surface area contributed by atoms with Crippen molar-refractivity contribution >= 4 is 43.6 Å². The van der Waals surface area contributed by atoms with Crippen LogP contribution in [0.4, 0.5) is 0 Å². The van der Waals surface area contributed by atoms with Crippen molar-refractivity contribution < 1.29 is 0 Å². The number of fused-ring (bicyclic) bond motifs is 6. The average Bonchev–Trinajstić information content (AvgIpc) is 2.54. The smallest absolute Gasteiger partial charge is 0.166 e. The Kier molecular flexibility index (Phi) is 12.2. The number of hydrogen-bond acceptors (Lipinski definition) is 6. The molecule has 0 fully saturated rings. The molecule has 84 heavy (non-hydrogen) atoms. The molecule has 0 saturated heterocycles. The Bertz CT molecular complexity index is 4500. The van der Waals surface area contributed by atoms with E-state index in [1.165, 1.54) is 43.8 Å². The van der Waals surface area contributed by atoms with Crippen molar-refractivity contribution in [2.45, 2.75) is 27.7 Å². The van der Waals surface area contributed by atoms with Crippen molar-refractivity contribution in [3.05, 3.63) is 277 Å². The molecule has 0 bridgehead atoms. The molecule has 11 aromatic carbocycles. The van der Waals surface area contributed by atoms with E-state index in [0.29, 0.717) is 34.9 Å². The molecular weight excluding hydrogens is 1020 g/mol. The highest BCUT2D eigenvalue weighted by atomic mass is 15.1. The molecular formula is C76H54N8. The Morgan fingerprint density at radius 1 is 0.214 bits per heavy atom. The van der Waals surface area contributed by atoms with Gasteiger partial charge < -0.3 is 9.13 Å². The van der Waals surface area contributed by atoms with E-state index in [2.05, 4.69) is 219 Å². The summed E-state index contributed by atoms with van der Waals surface area (Å²) in [6.07, 6.45) is 0. The maximum absolute atomic E-state index is 5.31. The van der Waals surface area contributed by atoms with E-state index >= 15 is 0 Å². The lowest BCUT2D eigenvalue weighted by Gasteiger charge is -2.18. The van der Waals surface area contributed by atoms with Gasteiger partial charge in [-0.15, -0.1) is 0 Å². The molecule has 0 unspecified atom stereocenters. The fourth-order valence-electron chi connectivity index (χ4n) is 11.9. The van der Waals surface area contributed by atoms with E-state index in [1.807, 2.05) is 72.8 Å². The van der Waals surface area contributed by atoms with E-state index in [1.54, 1.807) is 0 Å². The highest BCUT2D eigenvalue weighted by Crippen LogP contribution is 2.42. The largest absolute Gasteiger partial charge is 0.308 e. The lowest BCUT2D eigenvalue weighted by Crippen LogP contribution is -2.04. The van der Waals surface area contributed by atoms with Gasteiger partial charge in [-0.25, -0.2) is 29.9 Å². The van der Waals surface area contributed by atoms with Gasteiger partial charge in [-0.3, -0.25) is 0 Å². The highest BCUT2D eigenvalue weighted by Gasteiger charge is 2.24. The number of nitrogens with zero attached hydrogens (tertiary/aromatic N) is 8. The SMILES string of the molecule is Cc1ccc2c(c1)c1cc(C)ccc1n2-c1cc(-c2cccc(-c3ccc(-c4nc(-c5ccccc5)nc(-c5ccccc5)n4)c(-n4c5ccc(C)cc5c5cc(C)ccc54)c3)c2)ccc1-c1nc(-c2ccccc2)nc(-c2ccccc2)n1. The molecule has 0 amide bonds. The van der Waals surface area contributed by atoms with Crippen LogP contribution in [-0.4, -0.2) is 39.0 Å². The van der Waals surface area contributed by atoms with E-state index in [9.17, 15) is 0 Å². The van der Waals surface area contributed by atoms with Gasteiger partial charge in [-0.1, -0.05) is 198 Å². The van der Waals surface area contributed by atoms with Crippen LogP contribution in [0, 0.1) is 27.7 Å².